The van der Waals surface area contributed by atoms with Crippen molar-refractivity contribution in [3.8, 4) is 0 Å². The van der Waals surface area contributed by atoms with Gasteiger partial charge in [0.25, 0.3) is 0 Å². The van der Waals surface area contributed by atoms with E-state index in [0.717, 1.165) is 25.9 Å². The predicted octanol–water partition coefficient (Wildman–Crippen LogP) is 0.578. The lowest BCUT2D eigenvalue weighted by Gasteiger charge is -2.09. The average Bonchev–Trinajstić information content (AvgIpc) is 2.90. The fourth-order valence-electron chi connectivity index (χ4n) is 1.82. The lowest BCUT2D eigenvalue weighted by atomic mass is 10.2. The van der Waals surface area contributed by atoms with Crippen LogP contribution in [0.15, 0.2) is 12.3 Å². The van der Waals surface area contributed by atoms with E-state index in [9.17, 15) is 4.79 Å². The zero-order valence-corrected chi connectivity index (χ0v) is 9.67. The molecule has 1 aliphatic heterocycles. The number of carbonyl (C=O) groups excluding carboxylic acids is 1. The van der Waals surface area contributed by atoms with Crippen LogP contribution in [-0.4, -0.2) is 35.1 Å². The number of rotatable bonds is 5. The molecule has 0 radical (unpaired) electrons. The van der Waals surface area contributed by atoms with Crippen LogP contribution in [0.4, 0.5) is 5.82 Å². The molecule has 0 bridgehead atoms. The molecule has 1 aromatic heterocycles. The molecule has 1 saturated heterocycles. The van der Waals surface area contributed by atoms with Gasteiger partial charge in [-0.3, -0.25) is 9.48 Å². The quantitative estimate of drug-likeness (QED) is 0.760. The Kier molecular flexibility index (Phi) is 3.98. The zero-order valence-electron chi connectivity index (χ0n) is 9.67. The Balaban J connectivity index is 1.63. The van der Waals surface area contributed by atoms with Crippen molar-refractivity contribution >= 4 is 11.8 Å². The molecular formula is C11H17N3O3. The van der Waals surface area contributed by atoms with Gasteiger partial charge in [0, 0.05) is 19.2 Å². The van der Waals surface area contributed by atoms with Gasteiger partial charge in [-0.1, -0.05) is 0 Å². The number of hydrogen-bond acceptors (Lipinski definition) is 5. The van der Waals surface area contributed by atoms with Gasteiger partial charge in [0.1, 0.15) is 12.4 Å². The molecule has 1 aliphatic rings. The number of nitrogens with two attached hydrogens (primary N) is 1. The van der Waals surface area contributed by atoms with Gasteiger partial charge in [-0.2, -0.15) is 5.10 Å². The van der Waals surface area contributed by atoms with E-state index in [1.807, 2.05) is 0 Å². The van der Waals surface area contributed by atoms with Gasteiger partial charge in [-0.15, -0.1) is 0 Å². The highest BCUT2D eigenvalue weighted by Gasteiger charge is 2.15. The fraction of sp³-hybridized carbons (Fsp3) is 0.636. The summed E-state index contributed by atoms with van der Waals surface area (Å²) < 4.78 is 12.0. The second-order valence-corrected chi connectivity index (χ2v) is 4.08. The minimum absolute atomic E-state index is 0.0999. The van der Waals surface area contributed by atoms with Crippen LogP contribution in [0, 0.1) is 0 Å². The van der Waals surface area contributed by atoms with E-state index in [4.69, 9.17) is 15.2 Å². The summed E-state index contributed by atoms with van der Waals surface area (Å²) in [4.78, 5) is 11.4. The van der Waals surface area contributed by atoms with Crippen molar-refractivity contribution in [1.82, 2.24) is 9.78 Å². The maximum absolute atomic E-state index is 11.4. The van der Waals surface area contributed by atoms with Crippen molar-refractivity contribution in [2.24, 2.45) is 0 Å². The Morgan fingerprint density at radius 2 is 2.59 bits per heavy atom. The average molecular weight is 239 g/mol. The monoisotopic (exact) mass is 239 g/mol. The zero-order chi connectivity index (χ0) is 12.1. The molecule has 0 spiro atoms. The van der Waals surface area contributed by atoms with Crippen LogP contribution in [0.3, 0.4) is 0 Å². The van der Waals surface area contributed by atoms with Crippen LogP contribution >= 0.6 is 0 Å². The van der Waals surface area contributed by atoms with E-state index >= 15 is 0 Å². The molecule has 2 heterocycles. The first-order valence-corrected chi connectivity index (χ1v) is 5.80. The van der Waals surface area contributed by atoms with Gasteiger partial charge >= 0.3 is 5.97 Å². The first-order chi connectivity index (χ1) is 8.24. The summed E-state index contributed by atoms with van der Waals surface area (Å²) in [5, 5.41) is 3.91. The number of anilines is 1. The summed E-state index contributed by atoms with van der Waals surface area (Å²) in [5.74, 6) is 0.100. The van der Waals surface area contributed by atoms with Crippen molar-refractivity contribution in [3.63, 3.8) is 0 Å². The molecule has 6 nitrogen and oxygen atoms in total. The normalized spacial score (nSPS) is 19.4. The Bertz CT molecular complexity index is 372. The molecule has 94 valence electrons. The smallest absolute Gasteiger partial charge is 0.327 e. The highest BCUT2D eigenvalue weighted by molar-refractivity contribution is 5.69. The number of carbonyl (C=O) groups is 1. The molecule has 1 atom stereocenters. The highest BCUT2D eigenvalue weighted by Crippen LogP contribution is 2.14. The highest BCUT2D eigenvalue weighted by atomic mass is 16.5. The topological polar surface area (TPSA) is 79.4 Å². The van der Waals surface area contributed by atoms with Crippen LogP contribution in [0.5, 0.6) is 0 Å². The van der Waals surface area contributed by atoms with E-state index < -0.39 is 0 Å². The Labute approximate surface area is 99.7 Å². The van der Waals surface area contributed by atoms with E-state index in [1.165, 1.54) is 4.68 Å². The third-order valence-electron chi connectivity index (χ3n) is 2.68. The summed E-state index contributed by atoms with van der Waals surface area (Å²) >= 11 is 0. The maximum atomic E-state index is 11.4. The van der Waals surface area contributed by atoms with Crippen LogP contribution < -0.4 is 5.73 Å². The molecule has 1 fully saturated rings. The third-order valence-corrected chi connectivity index (χ3v) is 2.68. The Morgan fingerprint density at radius 3 is 3.24 bits per heavy atom. The first-order valence-electron chi connectivity index (χ1n) is 5.80. The number of nitrogens with zero attached hydrogens (tertiary/aromatic N) is 2. The van der Waals surface area contributed by atoms with Crippen LogP contribution in [0.25, 0.3) is 0 Å². The van der Waals surface area contributed by atoms with Crippen molar-refractivity contribution < 1.29 is 14.3 Å². The first kappa shape index (κ1) is 11.9. The summed E-state index contributed by atoms with van der Waals surface area (Å²) in [6.07, 6.45) is 4.84. The number of esters is 1. The minimum Gasteiger partial charge on any atom is -0.464 e. The number of ether oxygens (including phenoxy) is 2. The maximum Gasteiger partial charge on any atom is 0.327 e. The SMILES string of the molecule is Nc1ccn(CC(=O)OCCC2CCCO2)n1. The van der Waals surface area contributed by atoms with Gasteiger partial charge in [-0.25, -0.2) is 0 Å². The molecular weight excluding hydrogens is 222 g/mol. The molecule has 0 aliphatic carbocycles. The molecule has 1 unspecified atom stereocenters. The molecule has 0 aromatic carbocycles. The van der Waals surface area contributed by atoms with E-state index in [2.05, 4.69) is 5.10 Å². The number of nitrogen functional groups attached to an aromatic ring is 1. The predicted molar refractivity (Wildman–Crippen MR) is 61.2 cm³/mol. The van der Waals surface area contributed by atoms with Gasteiger partial charge in [0.15, 0.2) is 0 Å². The molecule has 0 amide bonds. The largest absolute Gasteiger partial charge is 0.464 e. The standard InChI is InChI=1S/C11H17N3O3/c12-10-3-5-14(13-10)8-11(15)17-7-4-9-2-1-6-16-9/h3,5,9H,1-2,4,6-8H2,(H2,12,13). The second kappa shape index (κ2) is 5.67. The lowest BCUT2D eigenvalue weighted by molar-refractivity contribution is -0.145. The van der Waals surface area contributed by atoms with Crippen molar-refractivity contribution in [1.29, 1.82) is 0 Å². The summed E-state index contributed by atoms with van der Waals surface area (Å²) in [6, 6.07) is 1.64. The van der Waals surface area contributed by atoms with Gasteiger partial charge in [-0.05, 0) is 18.9 Å². The summed E-state index contributed by atoms with van der Waals surface area (Å²) in [6.45, 7) is 1.33. The summed E-state index contributed by atoms with van der Waals surface area (Å²) in [7, 11) is 0. The molecule has 17 heavy (non-hydrogen) atoms. The molecule has 0 saturated carbocycles. The van der Waals surface area contributed by atoms with Gasteiger partial charge in [0.05, 0.1) is 12.7 Å². The Morgan fingerprint density at radius 1 is 1.71 bits per heavy atom. The van der Waals surface area contributed by atoms with Crippen molar-refractivity contribution in [2.45, 2.75) is 31.9 Å². The van der Waals surface area contributed by atoms with Crippen LogP contribution in [0.2, 0.25) is 0 Å². The lowest BCUT2D eigenvalue weighted by Crippen LogP contribution is -2.17. The molecule has 2 N–H and O–H groups in total. The van der Waals surface area contributed by atoms with E-state index in [0.29, 0.717) is 12.4 Å². The van der Waals surface area contributed by atoms with Crippen molar-refractivity contribution in [2.75, 3.05) is 18.9 Å². The summed E-state index contributed by atoms with van der Waals surface area (Å²) in [5.41, 5.74) is 5.44. The van der Waals surface area contributed by atoms with Crippen molar-refractivity contribution in [3.05, 3.63) is 12.3 Å². The second-order valence-electron chi connectivity index (χ2n) is 4.08. The fourth-order valence-corrected chi connectivity index (χ4v) is 1.82. The van der Waals surface area contributed by atoms with E-state index in [1.54, 1.807) is 12.3 Å². The van der Waals surface area contributed by atoms with Gasteiger partial charge in [0.2, 0.25) is 0 Å². The number of hydrogen-bond donors (Lipinski definition) is 1. The molecule has 6 heteroatoms. The van der Waals surface area contributed by atoms with E-state index in [-0.39, 0.29) is 18.6 Å². The third kappa shape index (κ3) is 3.74. The van der Waals surface area contributed by atoms with Crippen LogP contribution in [-0.2, 0) is 20.8 Å². The molecule has 1 aromatic rings. The van der Waals surface area contributed by atoms with Crippen LogP contribution in [0.1, 0.15) is 19.3 Å². The number of aromatic nitrogens is 2. The Hall–Kier alpha value is -1.56. The minimum atomic E-state index is -0.300. The molecule has 2 rings (SSSR count). The van der Waals surface area contributed by atoms with Gasteiger partial charge < -0.3 is 15.2 Å².